The highest BCUT2D eigenvalue weighted by Crippen LogP contribution is 2.29. The normalized spacial score (nSPS) is 10.6. The van der Waals surface area contributed by atoms with Gasteiger partial charge in [-0.05, 0) is 36.4 Å². The minimum atomic E-state index is 0.690. The van der Waals surface area contributed by atoms with Gasteiger partial charge in [-0.3, -0.25) is 0 Å². The van der Waals surface area contributed by atoms with E-state index in [9.17, 15) is 0 Å². The Morgan fingerprint density at radius 3 is 2.62 bits per heavy atom. The predicted molar refractivity (Wildman–Crippen MR) is 91.9 cm³/mol. The molecule has 0 aliphatic carbocycles. The van der Waals surface area contributed by atoms with Crippen molar-refractivity contribution in [3.8, 4) is 11.5 Å². The first-order valence-corrected chi connectivity index (χ1v) is 8.19. The van der Waals surface area contributed by atoms with Crippen LogP contribution in [-0.4, -0.2) is 20.3 Å². The van der Waals surface area contributed by atoms with Crippen molar-refractivity contribution in [2.45, 2.75) is 6.54 Å². The summed E-state index contributed by atoms with van der Waals surface area (Å²) >= 11 is 6.95. The van der Waals surface area contributed by atoms with Crippen molar-refractivity contribution in [2.24, 2.45) is 0 Å². The van der Waals surface area contributed by atoms with Crippen LogP contribution in [0.1, 0.15) is 5.56 Å². The molecule has 0 radical (unpaired) electrons. The van der Waals surface area contributed by atoms with Crippen LogP contribution in [0, 0.1) is 0 Å². The molecule has 0 aliphatic rings. The van der Waals surface area contributed by atoms with Gasteiger partial charge in [0.1, 0.15) is 11.5 Å². The van der Waals surface area contributed by atoms with E-state index < -0.39 is 0 Å². The summed E-state index contributed by atoms with van der Waals surface area (Å²) in [6, 6.07) is 13.8. The largest absolute Gasteiger partial charge is 0.457 e. The van der Waals surface area contributed by atoms with Gasteiger partial charge in [0.15, 0.2) is 0 Å². The summed E-state index contributed by atoms with van der Waals surface area (Å²) in [6.45, 7) is 2.22. The van der Waals surface area contributed by atoms with Gasteiger partial charge in [-0.25, -0.2) is 0 Å². The number of rotatable bonds is 7. The van der Waals surface area contributed by atoms with Crippen LogP contribution >= 0.6 is 31.9 Å². The third kappa shape index (κ3) is 5.43. The van der Waals surface area contributed by atoms with E-state index in [0.717, 1.165) is 39.1 Å². The molecule has 2 aromatic carbocycles. The zero-order valence-electron chi connectivity index (χ0n) is 11.7. The number of nitrogens with one attached hydrogen (secondary N) is 1. The third-order valence-corrected chi connectivity index (χ3v) is 3.83. The van der Waals surface area contributed by atoms with Crippen LogP contribution in [0.25, 0.3) is 0 Å². The zero-order valence-corrected chi connectivity index (χ0v) is 14.9. The summed E-state index contributed by atoms with van der Waals surface area (Å²) in [5.74, 6) is 1.66. The molecule has 0 spiro atoms. The molecule has 0 unspecified atom stereocenters. The fraction of sp³-hybridized carbons (Fsp3) is 0.250. The Labute approximate surface area is 141 Å². The van der Waals surface area contributed by atoms with Gasteiger partial charge in [-0.15, -0.1) is 0 Å². The lowest BCUT2D eigenvalue weighted by Crippen LogP contribution is -2.18. The molecule has 1 N–H and O–H groups in total. The van der Waals surface area contributed by atoms with Gasteiger partial charge in [0.25, 0.3) is 0 Å². The highest BCUT2D eigenvalue weighted by molar-refractivity contribution is 9.10. The molecule has 0 amide bonds. The molecule has 2 rings (SSSR count). The number of hydrogen-bond acceptors (Lipinski definition) is 3. The maximum absolute atomic E-state index is 5.98. The molecule has 0 aromatic heterocycles. The van der Waals surface area contributed by atoms with Crippen molar-refractivity contribution in [1.82, 2.24) is 5.32 Å². The SMILES string of the molecule is COCCNCc1cc(Br)ccc1Oc1cccc(Br)c1. The molecule has 112 valence electrons. The fourth-order valence-corrected chi connectivity index (χ4v) is 2.63. The van der Waals surface area contributed by atoms with Crippen LogP contribution in [0.4, 0.5) is 0 Å². The first-order valence-electron chi connectivity index (χ1n) is 6.60. The van der Waals surface area contributed by atoms with E-state index in [-0.39, 0.29) is 0 Å². The number of ether oxygens (including phenoxy) is 2. The molecule has 0 saturated carbocycles. The molecule has 0 saturated heterocycles. The molecule has 3 nitrogen and oxygen atoms in total. The Morgan fingerprint density at radius 1 is 1.05 bits per heavy atom. The molecular weight excluding hydrogens is 398 g/mol. The van der Waals surface area contributed by atoms with E-state index in [0.29, 0.717) is 6.61 Å². The van der Waals surface area contributed by atoms with Gasteiger partial charge in [0.2, 0.25) is 0 Å². The summed E-state index contributed by atoms with van der Waals surface area (Å²) in [5, 5.41) is 3.33. The lowest BCUT2D eigenvalue weighted by Gasteiger charge is -2.13. The number of methoxy groups -OCH3 is 1. The molecular formula is C16H17Br2NO2. The van der Waals surface area contributed by atoms with Crippen LogP contribution in [0.2, 0.25) is 0 Å². The van der Waals surface area contributed by atoms with Crippen molar-refractivity contribution < 1.29 is 9.47 Å². The Hall–Kier alpha value is -0.880. The lowest BCUT2D eigenvalue weighted by molar-refractivity contribution is 0.199. The number of benzene rings is 2. The maximum Gasteiger partial charge on any atom is 0.131 e. The average Bonchev–Trinajstić information content (AvgIpc) is 2.46. The van der Waals surface area contributed by atoms with Crippen LogP contribution in [0.15, 0.2) is 51.4 Å². The van der Waals surface area contributed by atoms with Crippen molar-refractivity contribution in [3.05, 3.63) is 57.0 Å². The van der Waals surface area contributed by atoms with E-state index in [1.54, 1.807) is 7.11 Å². The zero-order chi connectivity index (χ0) is 15.1. The highest BCUT2D eigenvalue weighted by atomic mass is 79.9. The molecule has 2 aromatic rings. The minimum absolute atomic E-state index is 0.690. The molecule has 0 aliphatic heterocycles. The summed E-state index contributed by atoms with van der Waals surface area (Å²) in [4.78, 5) is 0. The van der Waals surface area contributed by atoms with Gasteiger partial charge < -0.3 is 14.8 Å². The van der Waals surface area contributed by atoms with Gasteiger partial charge in [-0.2, -0.15) is 0 Å². The van der Waals surface area contributed by atoms with Gasteiger partial charge in [-0.1, -0.05) is 37.9 Å². The minimum Gasteiger partial charge on any atom is -0.457 e. The summed E-state index contributed by atoms with van der Waals surface area (Å²) in [6.07, 6.45) is 0. The van der Waals surface area contributed by atoms with Gasteiger partial charge >= 0.3 is 0 Å². The summed E-state index contributed by atoms with van der Waals surface area (Å²) < 4.78 is 13.0. The second-order valence-electron chi connectivity index (χ2n) is 4.48. The van der Waals surface area contributed by atoms with Crippen LogP contribution in [0.3, 0.4) is 0 Å². The molecule has 0 bridgehead atoms. The first-order chi connectivity index (χ1) is 10.2. The van der Waals surface area contributed by atoms with Crippen molar-refractivity contribution in [2.75, 3.05) is 20.3 Å². The highest BCUT2D eigenvalue weighted by Gasteiger charge is 2.06. The third-order valence-electron chi connectivity index (χ3n) is 2.84. The Balaban J connectivity index is 2.10. The lowest BCUT2D eigenvalue weighted by atomic mass is 10.2. The average molecular weight is 415 g/mol. The van der Waals surface area contributed by atoms with Crippen molar-refractivity contribution >= 4 is 31.9 Å². The molecule has 21 heavy (non-hydrogen) atoms. The number of hydrogen-bond donors (Lipinski definition) is 1. The Bertz CT molecular complexity index is 590. The molecule has 5 heteroatoms. The Morgan fingerprint density at radius 2 is 1.86 bits per heavy atom. The summed E-state index contributed by atoms with van der Waals surface area (Å²) in [5.41, 5.74) is 1.10. The van der Waals surface area contributed by atoms with E-state index in [2.05, 4.69) is 43.2 Å². The fourth-order valence-electron chi connectivity index (χ4n) is 1.84. The second kappa shape index (κ2) is 8.54. The first kappa shape index (κ1) is 16.5. The van der Waals surface area contributed by atoms with E-state index >= 15 is 0 Å². The summed E-state index contributed by atoms with van der Waals surface area (Å²) in [7, 11) is 1.70. The van der Waals surface area contributed by atoms with Crippen molar-refractivity contribution in [3.63, 3.8) is 0 Å². The van der Waals surface area contributed by atoms with E-state index in [1.807, 2.05) is 36.4 Å². The monoisotopic (exact) mass is 413 g/mol. The van der Waals surface area contributed by atoms with Crippen LogP contribution in [-0.2, 0) is 11.3 Å². The molecule has 0 heterocycles. The smallest absolute Gasteiger partial charge is 0.131 e. The van der Waals surface area contributed by atoms with Crippen LogP contribution in [0.5, 0.6) is 11.5 Å². The topological polar surface area (TPSA) is 30.5 Å². The van der Waals surface area contributed by atoms with Gasteiger partial charge in [0, 0.05) is 34.7 Å². The quantitative estimate of drug-likeness (QED) is 0.663. The maximum atomic E-state index is 5.98. The van der Waals surface area contributed by atoms with Crippen LogP contribution < -0.4 is 10.1 Å². The van der Waals surface area contributed by atoms with E-state index in [1.165, 1.54) is 0 Å². The molecule has 0 fully saturated rings. The van der Waals surface area contributed by atoms with Gasteiger partial charge in [0.05, 0.1) is 6.61 Å². The van der Waals surface area contributed by atoms with Crippen molar-refractivity contribution in [1.29, 1.82) is 0 Å². The Kier molecular flexibility index (Phi) is 6.70. The standard InChI is InChI=1S/C16H17Br2NO2/c1-20-8-7-19-11-12-9-14(18)5-6-16(12)21-15-4-2-3-13(17)10-15/h2-6,9-10,19H,7-8,11H2,1H3. The number of halogens is 2. The predicted octanol–water partition coefficient (Wildman–Crippen LogP) is 4.74. The molecule has 0 atom stereocenters. The van der Waals surface area contributed by atoms with E-state index in [4.69, 9.17) is 9.47 Å². The second-order valence-corrected chi connectivity index (χ2v) is 6.31.